The third kappa shape index (κ3) is 3.30. The summed E-state index contributed by atoms with van der Waals surface area (Å²) in [6, 6.07) is 6.08. The van der Waals surface area contributed by atoms with Crippen molar-refractivity contribution in [3.05, 3.63) is 58.7 Å². The molecule has 1 fully saturated rings. The van der Waals surface area contributed by atoms with E-state index >= 15 is 0 Å². The molecule has 1 amide bonds. The lowest BCUT2D eigenvalue weighted by Gasteiger charge is -2.30. The van der Waals surface area contributed by atoms with E-state index in [9.17, 15) is 9.18 Å². The summed E-state index contributed by atoms with van der Waals surface area (Å²) in [5.41, 5.74) is 2.76. The standard InChI is InChI=1S/C20H22FN5O2/c1-12-18(13(2)26(23-12)17-6-4-16(21)5-7-17)20(27)25-10-8-15(9-11-25)19-22-14(3)24-28-19/h4-7,15H,8-11H2,1-3H3. The molecule has 0 spiro atoms. The lowest BCUT2D eigenvalue weighted by atomic mass is 9.96. The maximum atomic E-state index is 13.2. The first-order valence-corrected chi connectivity index (χ1v) is 9.35. The van der Waals surface area contributed by atoms with Crippen LogP contribution in [0.1, 0.15) is 52.2 Å². The van der Waals surface area contributed by atoms with Crippen LogP contribution in [0.3, 0.4) is 0 Å². The van der Waals surface area contributed by atoms with Crippen molar-refractivity contribution < 1.29 is 13.7 Å². The van der Waals surface area contributed by atoms with Gasteiger partial charge in [-0.05, 0) is 57.9 Å². The van der Waals surface area contributed by atoms with Crippen molar-refractivity contribution in [2.24, 2.45) is 0 Å². The molecule has 0 N–H and O–H groups in total. The molecule has 1 aliphatic heterocycles. The number of piperidine rings is 1. The minimum atomic E-state index is -0.305. The van der Waals surface area contributed by atoms with Crippen LogP contribution in [-0.4, -0.2) is 43.8 Å². The Bertz CT molecular complexity index is 1000. The summed E-state index contributed by atoms with van der Waals surface area (Å²) in [7, 11) is 0. The van der Waals surface area contributed by atoms with E-state index in [-0.39, 0.29) is 17.6 Å². The molecule has 3 aromatic rings. The molecule has 146 valence electrons. The lowest BCUT2D eigenvalue weighted by Crippen LogP contribution is -2.38. The van der Waals surface area contributed by atoms with Crippen LogP contribution < -0.4 is 0 Å². The number of benzene rings is 1. The van der Waals surface area contributed by atoms with E-state index in [1.165, 1.54) is 12.1 Å². The number of carbonyl (C=O) groups excluding carboxylic acids is 1. The summed E-state index contributed by atoms with van der Waals surface area (Å²) in [5.74, 6) is 1.15. The minimum Gasteiger partial charge on any atom is -0.339 e. The predicted molar refractivity (Wildman–Crippen MR) is 99.9 cm³/mol. The van der Waals surface area contributed by atoms with Crippen LogP contribution in [0.2, 0.25) is 0 Å². The Balaban J connectivity index is 1.52. The number of hydrogen-bond donors (Lipinski definition) is 0. The van der Waals surface area contributed by atoms with Gasteiger partial charge < -0.3 is 9.42 Å². The first-order chi connectivity index (χ1) is 13.4. The average Bonchev–Trinajstić information content (AvgIpc) is 3.25. The third-order valence-corrected chi connectivity index (χ3v) is 5.25. The summed E-state index contributed by atoms with van der Waals surface area (Å²) in [5, 5.41) is 8.36. The highest BCUT2D eigenvalue weighted by molar-refractivity contribution is 5.96. The van der Waals surface area contributed by atoms with Gasteiger partial charge in [-0.2, -0.15) is 10.1 Å². The fourth-order valence-electron chi connectivity index (χ4n) is 3.75. The number of hydrogen-bond acceptors (Lipinski definition) is 5. The molecule has 0 saturated carbocycles. The van der Waals surface area contributed by atoms with Crippen LogP contribution in [0.4, 0.5) is 4.39 Å². The molecule has 0 radical (unpaired) electrons. The summed E-state index contributed by atoms with van der Waals surface area (Å²) in [6.07, 6.45) is 1.58. The topological polar surface area (TPSA) is 77.0 Å². The summed E-state index contributed by atoms with van der Waals surface area (Å²) in [6.45, 7) is 6.76. The van der Waals surface area contributed by atoms with E-state index in [2.05, 4.69) is 15.2 Å². The fourth-order valence-corrected chi connectivity index (χ4v) is 3.75. The zero-order valence-corrected chi connectivity index (χ0v) is 16.1. The zero-order valence-electron chi connectivity index (χ0n) is 16.1. The summed E-state index contributed by atoms with van der Waals surface area (Å²) in [4.78, 5) is 19.3. The number of aromatic nitrogens is 4. The quantitative estimate of drug-likeness (QED) is 0.693. The van der Waals surface area contributed by atoms with Gasteiger partial charge in [-0.15, -0.1) is 0 Å². The van der Waals surface area contributed by atoms with E-state index in [1.807, 2.05) is 18.7 Å². The highest BCUT2D eigenvalue weighted by Crippen LogP contribution is 2.28. The number of carbonyl (C=O) groups is 1. The van der Waals surface area contributed by atoms with Crippen molar-refractivity contribution in [1.82, 2.24) is 24.8 Å². The summed E-state index contributed by atoms with van der Waals surface area (Å²) < 4.78 is 20.2. The third-order valence-electron chi connectivity index (χ3n) is 5.25. The molecule has 1 aliphatic rings. The number of nitrogens with zero attached hydrogens (tertiary/aromatic N) is 5. The molecule has 3 heterocycles. The van der Waals surface area contributed by atoms with Crippen LogP contribution >= 0.6 is 0 Å². The van der Waals surface area contributed by atoms with Crippen molar-refractivity contribution in [3.8, 4) is 5.69 Å². The van der Waals surface area contributed by atoms with E-state index in [1.54, 1.807) is 23.7 Å². The SMILES string of the molecule is Cc1noc(C2CCN(C(=O)c3c(C)nn(-c4ccc(F)cc4)c3C)CC2)n1. The molecule has 0 bridgehead atoms. The average molecular weight is 383 g/mol. The molecular weight excluding hydrogens is 361 g/mol. The second-order valence-corrected chi connectivity index (χ2v) is 7.18. The van der Waals surface area contributed by atoms with Gasteiger partial charge in [0.15, 0.2) is 5.82 Å². The molecule has 0 aliphatic carbocycles. The van der Waals surface area contributed by atoms with E-state index in [4.69, 9.17) is 4.52 Å². The van der Waals surface area contributed by atoms with Gasteiger partial charge in [0, 0.05) is 19.0 Å². The first-order valence-electron chi connectivity index (χ1n) is 9.35. The Morgan fingerprint density at radius 1 is 1.14 bits per heavy atom. The van der Waals surface area contributed by atoms with E-state index < -0.39 is 0 Å². The van der Waals surface area contributed by atoms with Gasteiger partial charge >= 0.3 is 0 Å². The van der Waals surface area contributed by atoms with Crippen LogP contribution in [0.15, 0.2) is 28.8 Å². The fraction of sp³-hybridized carbons (Fsp3) is 0.400. The van der Waals surface area contributed by atoms with Crippen LogP contribution in [0.5, 0.6) is 0 Å². The molecule has 2 aromatic heterocycles. The van der Waals surface area contributed by atoms with E-state index in [0.717, 1.165) is 24.2 Å². The van der Waals surface area contributed by atoms with Gasteiger partial charge in [-0.1, -0.05) is 5.16 Å². The van der Waals surface area contributed by atoms with E-state index in [0.29, 0.717) is 36.1 Å². The Morgan fingerprint density at radius 2 is 1.82 bits per heavy atom. The Morgan fingerprint density at radius 3 is 2.43 bits per heavy atom. The van der Waals surface area contributed by atoms with Gasteiger partial charge in [-0.25, -0.2) is 9.07 Å². The molecule has 1 aromatic carbocycles. The second kappa shape index (κ2) is 7.18. The number of aryl methyl sites for hydroxylation is 2. The Labute approximate surface area is 162 Å². The number of amides is 1. The molecule has 0 unspecified atom stereocenters. The van der Waals surface area contributed by atoms with Crippen molar-refractivity contribution in [2.45, 2.75) is 39.5 Å². The van der Waals surface area contributed by atoms with Gasteiger partial charge in [0.1, 0.15) is 5.82 Å². The second-order valence-electron chi connectivity index (χ2n) is 7.18. The van der Waals surface area contributed by atoms with Crippen molar-refractivity contribution in [1.29, 1.82) is 0 Å². The molecule has 0 atom stereocenters. The smallest absolute Gasteiger partial charge is 0.257 e. The molecular formula is C20H22FN5O2. The Kier molecular flexibility index (Phi) is 4.70. The van der Waals surface area contributed by atoms with Gasteiger partial charge in [0.2, 0.25) is 5.89 Å². The maximum Gasteiger partial charge on any atom is 0.257 e. The molecule has 8 heteroatoms. The molecule has 7 nitrogen and oxygen atoms in total. The normalized spacial score (nSPS) is 15.2. The Hall–Kier alpha value is -3.03. The predicted octanol–water partition coefficient (Wildman–Crippen LogP) is 3.34. The van der Waals surface area contributed by atoms with Gasteiger partial charge in [0.05, 0.1) is 22.6 Å². The van der Waals surface area contributed by atoms with Crippen LogP contribution in [-0.2, 0) is 0 Å². The largest absolute Gasteiger partial charge is 0.339 e. The summed E-state index contributed by atoms with van der Waals surface area (Å²) >= 11 is 0. The highest BCUT2D eigenvalue weighted by Gasteiger charge is 2.30. The molecule has 4 rings (SSSR count). The van der Waals surface area contributed by atoms with Crippen molar-refractivity contribution in [3.63, 3.8) is 0 Å². The number of halogens is 1. The van der Waals surface area contributed by atoms with Crippen LogP contribution in [0.25, 0.3) is 5.69 Å². The first kappa shape index (κ1) is 18.3. The maximum absolute atomic E-state index is 13.2. The monoisotopic (exact) mass is 383 g/mol. The molecule has 1 saturated heterocycles. The lowest BCUT2D eigenvalue weighted by molar-refractivity contribution is 0.0703. The van der Waals surface area contributed by atoms with Gasteiger partial charge in [0.25, 0.3) is 5.91 Å². The van der Waals surface area contributed by atoms with Crippen molar-refractivity contribution >= 4 is 5.91 Å². The number of likely N-dealkylation sites (tertiary alicyclic amines) is 1. The van der Waals surface area contributed by atoms with Gasteiger partial charge in [-0.3, -0.25) is 4.79 Å². The van der Waals surface area contributed by atoms with Crippen LogP contribution in [0, 0.1) is 26.6 Å². The molecule has 28 heavy (non-hydrogen) atoms. The number of rotatable bonds is 3. The zero-order chi connectivity index (χ0) is 19.8. The highest BCUT2D eigenvalue weighted by atomic mass is 19.1. The minimum absolute atomic E-state index is 0.0245. The van der Waals surface area contributed by atoms with Crippen molar-refractivity contribution in [2.75, 3.05) is 13.1 Å².